The zero-order valence-electron chi connectivity index (χ0n) is 21.2. The SMILES string of the molecule is CCOc1ccc(N(C(=O)CNC(=O)c2cccs2)[C@H](C(=O)NCc2ccco2)c2ccc(C)cc2)cc1. The van der Waals surface area contributed by atoms with E-state index in [4.69, 9.17) is 9.15 Å². The number of ether oxygens (including phenoxy) is 1. The monoisotopic (exact) mass is 531 g/mol. The van der Waals surface area contributed by atoms with Gasteiger partial charge >= 0.3 is 0 Å². The lowest BCUT2D eigenvalue weighted by Crippen LogP contribution is -2.47. The van der Waals surface area contributed by atoms with Crippen LogP contribution in [-0.2, 0) is 16.1 Å². The van der Waals surface area contributed by atoms with E-state index in [0.717, 1.165) is 5.56 Å². The molecule has 0 saturated carbocycles. The van der Waals surface area contributed by atoms with Crippen LogP contribution < -0.4 is 20.3 Å². The molecule has 0 aliphatic carbocycles. The van der Waals surface area contributed by atoms with Crippen LogP contribution in [0.5, 0.6) is 5.75 Å². The summed E-state index contributed by atoms with van der Waals surface area (Å²) in [4.78, 5) is 41.9. The molecular weight excluding hydrogens is 502 g/mol. The number of anilines is 1. The third kappa shape index (κ3) is 6.68. The molecule has 0 saturated heterocycles. The number of carbonyl (C=O) groups excluding carboxylic acids is 3. The third-order valence-electron chi connectivity index (χ3n) is 5.76. The van der Waals surface area contributed by atoms with Gasteiger partial charge < -0.3 is 19.8 Å². The number of nitrogens with one attached hydrogen (secondary N) is 2. The Bertz CT molecular complexity index is 1330. The molecule has 4 rings (SSSR count). The normalized spacial score (nSPS) is 11.4. The Balaban J connectivity index is 1.68. The smallest absolute Gasteiger partial charge is 0.261 e. The largest absolute Gasteiger partial charge is 0.494 e. The minimum Gasteiger partial charge on any atom is -0.494 e. The van der Waals surface area contributed by atoms with Crippen LogP contribution in [0.4, 0.5) is 5.69 Å². The maximum atomic E-state index is 13.7. The fraction of sp³-hybridized carbons (Fsp3) is 0.207. The van der Waals surface area contributed by atoms with E-state index in [1.807, 2.05) is 38.1 Å². The minimum atomic E-state index is -1.00. The molecule has 38 heavy (non-hydrogen) atoms. The molecule has 9 heteroatoms. The first-order valence-electron chi connectivity index (χ1n) is 12.2. The summed E-state index contributed by atoms with van der Waals surface area (Å²) in [6.07, 6.45) is 1.53. The molecule has 0 spiro atoms. The summed E-state index contributed by atoms with van der Waals surface area (Å²) < 4.78 is 10.9. The van der Waals surface area contributed by atoms with E-state index in [0.29, 0.717) is 34.2 Å². The predicted molar refractivity (Wildman–Crippen MR) is 146 cm³/mol. The number of benzene rings is 2. The van der Waals surface area contributed by atoms with Crippen molar-refractivity contribution < 1.29 is 23.5 Å². The molecular formula is C29H29N3O5S. The molecule has 3 amide bonds. The number of hydrogen-bond acceptors (Lipinski definition) is 6. The topological polar surface area (TPSA) is 101 Å². The summed E-state index contributed by atoms with van der Waals surface area (Å²) >= 11 is 1.28. The average molecular weight is 532 g/mol. The highest BCUT2D eigenvalue weighted by Crippen LogP contribution is 2.30. The number of thiophene rings is 1. The van der Waals surface area contributed by atoms with Gasteiger partial charge in [-0.2, -0.15) is 0 Å². The van der Waals surface area contributed by atoms with Crippen LogP contribution in [0.15, 0.2) is 88.9 Å². The van der Waals surface area contributed by atoms with Crippen LogP contribution in [0, 0.1) is 6.92 Å². The van der Waals surface area contributed by atoms with Crippen LogP contribution in [-0.4, -0.2) is 30.9 Å². The van der Waals surface area contributed by atoms with Crippen molar-refractivity contribution in [3.63, 3.8) is 0 Å². The lowest BCUT2D eigenvalue weighted by molar-refractivity contribution is -0.126. The Morgan fingerprint density at radius 2 is 1.74 bits per heavy atom. The van der Waals surface area contributed by atoms with E-state index in [1.165, 1.54) is 22.5 Å². The van der Waals surface area contributed by atoms with Gasteiger partial charge in [-0.1, -0.05) is 35.9 Å². The van der Waals surface area contributed by atoms with Crippen molar-refractivity contribution in [2.45, 2.75) is 26.4 Å². The molecule has 0 radical (unpaired) electrons. The van der Waals surface area contributed by atoms with E-state index in [-0.39, 0.29) is 19.0 Å². The zero-order valence-corrected chi connectivity index (χ0v) is 22.0. The molecule has 1 atom stereocenters. The number of aryl methyl sites for hydroxylation is 1. The molecule has 2 aromatic heterocycles. The van der Waals surface area contributed by atoms with Crippen molar-refractivity contribution >= 4 is 34.7 Å². The summed E-state index contributed by atoms with van der Waals surface area (Å²) in [5.74, 6) is 0.0379. The second-order valence-electron chi connectivity index (χ2n) is 8.46. The van der Waals surface area contributed by atoms with Gasteiger partial charge in [0.25, 0.3) is 5.91 Å². The van der Waals surface area contributed by atoms with Crippen LogP contribution >= 0.6 is 11.3 Å². The number of furan rings is 1. The maximum absolute atomic E-state index is 13.7. The summed E-state index contributed by atoms with van der Waals surface area (Å²) in [7, 11) is 0. The van der Waals surface area contributed by atoms with Crippen molar-refractivity contribution in [1.29, 1.82) is 0 Å². The zero-order chi connectivity index (χ0) is 26.9. The second-order valence-corrected chi connectivity index (χ2v) is 9.41. The Hall–Kier alpha value is -4.37. The number of rotatable bonds is 11. The number of carbonyl (C=O) groups is 3. The Morgan fingerprint density at radius 1 is 0.974 bits per heavy atom. The molecule has 4 aromatic rings. The quantitative estimate of drug-likeness (QED) is 0.288. The second kappa shape index (κ2) is 12.7. The van der Waals surface area contributed by atoms with Crippen LogP contribution in [0.1, 0.15) is 39.5 Å². The molecule has 0 fully saturated rings. The van der Waals surface area contributed by atoms with Crippen molar-refractivity contribution in [2.24, 2.45) is 0 Å². The molecule has 0 aliphatic rings. The summed E-state index contributed by atoms with van der Waals surface area (Å²) in [6.45, 7) is 4.20. The lowest BCUT2D eigenvalue weighted by Gasteiger charge is -2.31. The van der Waals surface area contributed by atoms with Gasteiger partial charge in [0.05, 0.1) is 30.8 Å². The van der Waals surface area contributed by atoms with Gasteiger partial charge in [-0.25, -0.2) is 0 Å². The molecule has 0 bridgehead atoms. The van der Waals surface area contributed by atoms with Crippen molar-refractivity contribution in [1.82, 2.24) is 10.6 Å². The standard InChI is InChI=1S/C29H29N3O5S/c1-3-36-23-14-12-22(13-15-23)32(26(33)19-31-28(34)25-7-5-17-38-25)27(21-10-8-20(2)9-11-21)29(35)30-18-24-6-4-16-37-24/h4-17,27H,3,18-19H2,1-2H3,(H,30,35)(H,31,34)/t27-/m0/s1. The lowest BCUT2D eigenvalue weighted by atomic mass is 10.0. The van der Waals surface area contributed by atoms with Crippen LogP contribution in [0.3, 0.4) is 0 Å². The maximum Gasteiger partial charge on any atom is 0.261 e. The van der Waals surface area contributed by atoms with E-state index in [2.05, 4.69) is 10.6 Å². The predicted octanol–water partition coefficient (Wildman–Crippen LogP) is 4.87. The van der Waals surface area contributed by atoms with Gasteiger partial charge in [-0.3, -0.25) is 19.3 Å². The molecule has 2 N–H and O–H groups in total. The van der Waals surface area contributed by atoms with Crippen molar-refractivity contribution in [3.8, 4) is 5.75 Å². The third-order valence-corrected chi connectivity index (χ3v) is 6.62. The molecule has 8 nitrogen and oxygen atoms in total. The molecule has 2 aromatic carbocycles. The van der Waals surface area contributed by atoms with Gasteiger partial charge in [-0.05, 0) is 67.3 Å². The fourth-order valence-electron chi connectivity index (χ4n) is 3.89. The molecule has 196 valence electrons. The first kappa shape index (κ1) is 26.7. The van der Waals surface area contributed by atoms with Gasteiger partial charge in [0, 0.05) is 5.69 Å². The number of hydrogen-bond donors (Lipinski definition) is 2. The fourth-order valence-corrected chi connectivity index (χ4v) is 4.53. The van der Waals surface area contributed by atoms with Gasteiger partial charge in [0.2, 0.25) is 11.8 Å². The molecule has 2 heterocycles. The Kier molecular flexibility index (Phi) is 8.94. The highest BCUT2D eigenvalue weighted by Gasteiger charge is 2.33. The summed E-state index contributed by atoms with van der Waals surface area (Å²) in [5.41, 5.74) is 2.13. The van der Waals surface area contributed by atoms with Crippen molar-refractivity contribution in [2.75, 3.05) is 18.1 Å². The summed E-state index contributed by atoms with van der Waals surface area (Å²) in [6, 6.07) is 20.3. The molecule has 0 aliphatic heterocycles. The Labute approximate surface area is 225 Å². The molecule has 0 unspecified atom stereocenters. The number of amides is 3. The average Bonchev–Trinajstić information content (AvgIpc) is 3.65. The van der Waals surface area contributed by atoms with Gasteiger partial charge in [0.1, 0.15) is 17.6 Å². The van der Waals surface area contributed by atoms with Crippen LogP contribution in [0.25, 0.3) is 0 Å². The first-order chi connectivity index (χ1) is 18.5. The van der Waals surface area contributed by atoms with Crippen molar-refractivity contribution in [3.05, 3.63) is 106 Å². The minimum absolute atomic E-state index is 0.161. The van der Waals surface area contributed by atoms with Gasteiger partial charge in [-0.15, -0.1) is 11.3 Å². The summed E-state index contributed by atoms with van der Waals surface area (Å²) in [5, 5.41) is 7.36. The van der Waals surface area contributed by atoms with Crippen LogP contribution in [0.2, 0.25) is 0 Å². The van der Waals surface area contributed by atoms with Gasteiger partial charge in [0.15, 0.2) is 0 Å². The Morgan fingerprint density at radius 3 is 2.37 bits per heavy atom. The first-order valence-corrected chi connectivity index (χ1v) is 13.1. The van der Waals surface area contributed by atoms with E-state index in [1.54, 1.807) is 53.9 Å². The highest BCUT2D eigenvalue weighted by molar-refractivity contribution is 7.12. The van der Waals surface area contributed by atoms with E-state index >= 15 is 0 Å². The highest BCUT2D eigenvalue weighted by atomic mass is 32.1. The van der Waals surface area contributed by atoms with E-state index < -0.39 is 17.9 Å². The van der Waals surface area contributed by atoms with E-state index in [9.17, 15) is 14.4 Å². The number of nitrogens with zero attached hydrogens (tertiary/aromatic N) is 1.